The lowest BCUT2D eigenvalue weighted by Gasteiger charge is -2.15. The molecule has 0 aliphatic heterocycles. The van der Waals surface area contributed by atoms with E-state index in [1.807, 2.05) is 0 Å². The smallest absolute Gasteiger partial charge is 0.0651 e. The summed E-state index contributed by atoms with van der Waals surface area (Å²) in [6.07, 6.45) is 7.44. The standard InChI is InChI=1S/C19H32P3S/c1-7-8-16(11-23(6)22(20)21)17-9-18-14(4)12(2)13(3)15(5)19(18)10-17/h7-11,20-21H2,1-6H3/q+1. The van der Waals surface area contributed by atoms with Crippen molar-refractivity contribution in [2.45, 2.75) is 60.3 Å². The van der Waals surface area contributed by atoms with Gasteiger partial charge in [0.25, 0.3) is 0 Å². The van der Waals surface area contributed by atoms with Crippen LogP contribution in [0.15, 0.2) is 11.1 Å². The van der Waals surface area contributed by atoms with Crippen molar-refractivity contribution in [2.24, 2.45) is 0 Å². The van der Waals surface area contributed by atoms with Gasteiger partial charge in [0, 0.05) is 12.0 Å². The number of rotatable bonds is 4. The van der Waals surface area contributed by atoms with Gasteiger partial charge in [-0.05, 0) is 90.4 Å². The first-order valence-electron chi connectivity index (χ1n) is 8.47. The summed E-state index contributed by atoms with van der Waals surface area (Å²) in [6.45, 7) is 11.6. The van der Waals surface area contributed by atoms with Crippen LogP contribution in [0.5, 0.6) is 0 Å². The van der Waals surface area contributed by atoms with Gasteiger partial charge in [0.05, 0.1) is 17.9 Å². The number of hydrogen-bond acceptors (Lipinski definition) is 0. The highest BCUT2D eigenvalue weighted by molar-refractivity contribution is 8.63. The largest absolute Gasteiger partial charge is 0.145 e. The van der Waals surface area contributed by atoms with Crippen molar-refractivity contribution in [1.29, 1.82) is 0 Å². The predicted molar refractivity (Wildman–Crippen MR) is 119 cm³/mol. The highest BCUT2D eigenvalue weighted by atomic mass is 32.8. The van der Waals surface area contributed by atoms with Crippen molar-refractivity contribution in [1.82, 2.24) is 0 Å². The van der Waals surface area contributed by atoms with Crippen molar-refractivity contribution in [3.8, 4) is 0 Å². The van der Waals surface area contributed by atoms with Crippen molar-refractivity contribution in [3.05, 3.63) is 44.5 Å². The van der Waals surface area contributed by atoms with E-state index in [4.69, 9.17) is 0 Å². The van der Waals surface area contributed by atoms with Crippen molar-refractivity contribution < 1.29 is 0 Å². The summed E-state index contributed by atoms with van der Waals surface area (Å²) in [5.41, 5.74) is 12.9. The molecular weight excluding hydrogens is 353 g/mol. The van der Waals surface area contributed by atoms with E-state index in [0.29, 0.717) is 10.1 Å². The number of allylic oxidation sites excluding steroid dienone is 1. The molecule has 1 aromatic rings. The van der Waals surface area contributed by atoms with Crippen LogP contribution in [-0.2, 0) is 22.9 Å². The maximum atomic E-state index is 3.03. The van der Waals surface area contributed by atoms with Gasteiger partial charge >= 0.3 is 0 Å². The molecule has 0 heterocycles. The average Bonchev–Trinajstić information content (AvgIpc) is 2.95. The zero-order valence-electron chi connectivity index (χ0n) is 15.5. The van der Waals surface area contributed by atoms with Crippen LogP contribution in [-0.4, -0.2) is 12.0 Å². The highest BCUT2D eigenvalue weighted by Crippen LogP contribution is 2.46. The molecule has 0 N–H and O–H groups in total. The Morgan fingerprint density at radius 3 is 1.83 bits per heavy atom. The maximum absolute atomic E-state index is 3.03. The topological polar surface area (TPSA) is 0 Å². The molecular formula is C19H32P3S+. The van der Waals surface area contributed by atoms with E-state index in [-0.39, 0.29) is 6.07 Å². The maximum Gasteiger partial charge on any atom is 0.145 e. The second-order valence-electron chi connectivity index (χ2n) is 6.87. The third-order valence-electron chi connectivity index (χ3n) is 5.53. The lowest BCUT2D eigenvalue weighted by Crippen LogP contribution is -2.02. The molecule has 0 amide bonds. The Hall–Kier alpha value is 0.470. The van der Waals surface area contributed by atoms with E-state index in [1.165, 1.54) is 42.6 Å². The summed E-state index contributed by atoms with van der Waals surface area (Å²) in [4.78, 5) is 0. The van der Waals surface area contributed by atoms with Gasteiger partial charge in [-0.1, -0.05) is 24.5 Å². The Balaban J connectivity index is 2.48. The number of benzene rings is 1. The molecule has 0 bridgehead atoms. The predicted octanol–water partition coefficient (Wildman–Crippen LogP) is 6.34. The number of hydrogen-bond donors (Lipinski definition) is 0. The van der Waals surface area contributed by atoms with E-state index in [9.17, 15) is 0 Å². The molecule has 0 saturated carbocycles. The van der Waals surface area contributed by atoms with E-state index in [1.54, 1.807) is 33.4 Å². The Kier molecular flexibility index (Phi) is 7.08. The van der Waals surface area contributed by atoms with Crippen LogP contribution in [0.2, 0.25) is 0 Å². The third kappa shape index (κ3) is 4.18. The zero-order valence-corrected chi connectivity index (χ0v) is 19.6. The molecule has 128 valence electrons. The van der Waals surface area contributed by atoms with Crippen molar-refractivity contribution in [2.75, 3.05) is 12.0 Å². The molecule has 4 heteroatoms. The zero-order chi connectivity index (χ0) is 17.3. The number of fused-ring (bicyclic) bond motifs is 1. The van der Waals surface area contributed by atoms with Gasteiger partial charge in [0.2, 0.25) is 0 Å². The lowest BCUT2D eigenvalue weighted by molar-refractivity contribution is 0.880. The van der Waals surface area contributed by atoms with Crippen LogP contribution < -0.4 is 0 Å². The average molecular weight is 385 g/mol. The van der Waals surface area contributed by atoms with Gasteiger partial charge in [-0.25, -0.2) is 0 Å². The first-order valence-corrected chi connectivity index (χ1v) is 15.5. The molecule has 1 aliphatic rings. The van der Waals surface area contributed by atoms with Crippen LogP contribution in [0, 0.1) is 27.7 Å². The second-order valence-corrected chi connectivity index (χ2v) is 19.6. The summed E-state index contributed by atoms with van der Waals surface area (Å²) in [6, 6.07) is 0. The molecule has 1 aromatic carbocycles. The van der Waals surface area contributed by atoms with Gasteiger partial charge in [-0.2, -0.15) is 0 Å². The van der Waals surface area contributed by atoms with E-state index < -0.39 is 0 Å². The Morgan fingerprint density at radius 2 is 1.43 bits per heavy atom. The van der Waals surface area contributed by atoms with Crippen LogP contribution >= 0.6 is 23.9 Å². The molecule has 3 unspecified atom stereocenters. The normalized spacial score (nSPS) is 14.9. The van der Waals surface area contributed by atoms with Gasteiger partial charge in [-0.15, -0.1) is 0 Å². The summed E-state index contributed by atoms with van der Waals surface area (Å²) in [5.74, 6) is 1.31. The second kappa shape index (κ2) is 8.23. The fourth-order valence-corrected chi connectivity index (χ4v) is 6.92. The summed E-state index contributed by atoms with van der Waals surface area (Å²) < 4.78 is 0. The first kappa shape index (κ1) is 19.8. The minimum Gasteiger partial charge on any atom is -0.0651 e. The van der Waals surface area contributed by atoms with Gasteiger partial charge < -0.3 is 0 Å². The molecule has 0 radical (unpaired) electrons. The Labute approximate surface area is 150 Å². The summed E-state index contributed by atoms with van der Waals surface area (Å²) in [7, 11) is 6.56. The van der Waals surface area contributed by atoms with E-state index in [2.05, 4.69) is 58.7 Å². The first-order chi connectivity index (χ1) is 10.8. The third-order valence-corrected chi connectivity index (χ3v) is 16.0. The van der Waals surface area contributed by atoms with Crippen LogP contribution in [0.3, 0.4) is 0 Å². The fourth-order valence-electron chi connectivity index (χ4n) is 3.67. The molecule has 0 fully saturated rings. The molecule has 0 aromatic heterocycles. The quantitative estimate of drug-likeness (QED) is 0.419. The van der Waals surface area contributed by atoms with Crippen LogP contribution in [0.4, 0.5) is 0 Å². The molecule has 0 spiro atoms. The molecule has 1 aliphatic carbocycles. The van der Waals surface area contributed by atoms with Crippen LogP contribution in [0.25, 0.3) is 0 Å². The molecule has 3 atom stereocenters. The Bertz CT molecular complexity index is 656. The highest BCUT2D eigenvalue weighted by Gasteiger charge is 2.24. The van der Waals surface area contributed by atoms with Gasteiger partial charge in [0.1, 0.15) is 6.07 Å². The van der Waals surface area contributed by atoms with Gasteiger partial charge in [-0.3, -0.25) is 0 Å². The summed E-state index contributed by atoms with van der Waals surface area (Å²) >= 11 is 0. The molecule has 0 nitrogen and oxygen atoms in total. The Morgan fingerprint density at radius 1 is 0.957 bits per heavy atom. The fraction of sp³-hybridized carbons (Fsp3) is 0.579. The van der Waals surface area contributed by atoms with Crippen LogP contribution in [0.1, 0.15) is 53.1 Å². The molecule has 2 rings (SSSR count). The molecule has 23 heavy (non-hydrogen) atoms. The lowest BCUT2D eigenvalue weighted by atomic mass is 9.90. The van der Waals surface area contributed by atoms with Crippen molar-refractivity contribution >= 4 is 34.0 Å². The van der Waals surface area contributed by atoms with E-state index in [0.717, 1.165) is 0 Å². The monoisotopic (exact) mass is 385 g/mol. The van der Waals surface area contributed by atoms with Gasteiger partial charge in [0.15, 0.2) is 0 Å². The summed E-state index contributed by atoms with van der Waals surface area (Å²) in [5, 5.41) is 0. The SMILES string of the molecule is CCCC(CS(C)=[P+](P)P)=C1Cc2c(C)c(C)c(C)c(C)c2C1. The van der Waals surface area contributed by atoms with Crippen molar-refractivity contribution in [3.63, 3.8) is 0 Å². The van der Waals surface area contributed by atoms with E-state index >= 15 is 0 Å². The minimum atomic E-state index is 0.0263. The molecule has 0 saturated heterocycles. The minimum absolute atomic E-state index is 0.0263.